The molecule has 0 bridgehead atoms. The number of amides is 1. The van der Waals surface area contributed by atoms with Crippen molar-refractivity contribution in [3.05, 3.63) is 88.5 Å². The normalized spacial score (nSPS) is 10.3. The second kappa shape index (κ2) is 8.37. The predicted octanol–water partition coefficient (Wildman–Crippen LogP) is 5.01. The Morgan fingerprint density at radius 2 is 1.74 bits per heavy atom. The van der Waals surface area contributed by atoms with E-state index in [0.29, 0.717) is 17.0 Å². The van der Waals surface area contributed by atoms with Gasteiger partial charge in [-0.3, -0.25) is 14.9 Å². The second-order valence-corrected chi connectivity index (χ2v) is 6.68. The first-order valence-corrected chi connectivity index (χ1v) is 8.85. The molecule has 0 aromatic heterocycles. The molecule has 0 aliphatic heterocycles. The molecule has 0 heterocycles. The molecule has 0 radical (unpaired) electrons. The van der Waals surface area contributed by atoms with Crippen LogP contribution in [0.1, 0.15) is 10.4 Å². The minimum atomic E-state index is -0.433. The van der Waals surface area contributed by atoms with Crippen molar-refractivity contribution < 1.29 is 14.5 Å². The van der Waals surface area contributed by atoms with E-state index in [4.69, 9.17) is 4.74 Å². The summed E-state index contributed by atoms with van der Waals surface area (Å²) < 4.78 is 5.24. The van der Waals surface area contributed by atoms with E-state index < -0.39 is 4.92 Å². The SMILES string of the molecule is COc1ccccc1NC(=O)c1cccc(Sc2ccc([N+](=O)[O-])cc2)c1. The molecule has 7 heteroatoms. The van der Waals surface area contributed by atoms with Crippen LogP contribution >= 0.6 is 11.8 Å². The van der Waals surface area contributed by atoms with Crippen molar-refractivity contribution >= 4 is 29.0 Å². The Kier molecular flexibility index (Phi) is 5.73. The number of carbonyl (C=O) groups excluding carboxylic acids is 1. The van der Waals surface area contributed by atoms with E-state index in [0.717, 1.165) is 9.79 Å². The molecule has 0 fully saturated rings. The minimum Gasteiger partial charge on any atom is -0.495 e. The number of rotatable bonds is 6. The van der Waals surface area contributed by atoms with Gasteiger partial charge in [-0.25, -0.2) is 0 Å². The Labute approximate surface area is 160 Å². The van der Waals surface area contributed by atoms with Gasteiger partial charge in [0, 0.05) is 27.5 Å². The predicted molar refractivity (Wildman–Crippen MR) is 105 cm³/mol. The highest BCUT2D eigenvalue weighted by molar-refractivity contribution is 7.99. The Balaban J connectivity index is 1.74. The van der Waals surface area contributed by atoms with Crippen LogP contribution in [0.5, 0.6) is 5.75 Å². The van der Waals surface area contributed by atoms with Gasteiger partial charge in [0.1, 0.15) is 5.75 Å². The summed E-state index contributed by atoms with van der Waals surface area (Å²) in [6, 6.07) is 20.7. The van der Waals surface area contributed by atoms with Crippen LogP contribution in [-0.2, 0) is 0 Å². The quantitative estimate of drug-likeness (QED) is 0.480. The fraction of sp³-hybridized carbons (Fsp3) is 0.0500. The van der Waals surface area contributed by atoms with Gasteiger partial charge in [-0.15, -0.1) is 0 Å². The van der Waals surface area contributed by atoms with Crippen LogP contribution in [0.25, 0.3) is 0 Å². The van der Waals surface area contributed by atoms with Gasteiger partial charge >= 0.3 is 0 Å². The van der Waals surface area contributed by atoms with Gasteiger partial charge < -0.3 is 10.1 Å². The summed E-state index contributed by atoms with van der Waals surface area (Å²) >= 11 is 1.43. The van der Waals surface area contributed by atoms with Crippen molar-refractivity contribution in [1.29, 1.82) is 0 Å². The Bertz CT molecular complexity index is 974. The van der Waals surface area contributed by atoms with Crippen molar-refractivity contribution in [1.82, 2.24) is 0 Å². The van der Waals surface area contributed by atoms with Gasteiger partial charge in [0.05, 0.1) is 17.7 Å². The smallest absolute Gasteiger partial charge is 0.269 e. The average molecular weight is 380 g/mol. The number of nitro benzene ring substituents is 1. The summed E-state index contributed by atoms with van der Waals surface area (Å²) in [6.45, 7) is 0. The Hall–Kier alpha value is -3.32. The number of carbonyl (C=O) groups is 1. The molecular weight excluding hydrogens is 364 g/mol. The monoisotopic (exact) mass is 380 g/mol. The number of nitrogens with one attached hydrogen (secondary N) is 1. The first-order chi connectivity index (χ1) is 13.1. The molecular formula is C20H16N2O4S. The summed E-state index contributed by atoms with van der Waals surface area (Å²) in [5.41, 5.74) is 1.15. The molecule has 27 heavy (non-hydrogen) atoms. The molecule has 0 aliphatic carbocycles. The fourth-order valence-electron chi connectivity index (χ4n) is 2.42. The summed E-state index contributed by atoms with van der Waals surface area (Å²) in [5.74, 6) is 0.341. The van der Waals surface area contributed by atoms with E-state index >= 15 is 0 Å². The molecule has 1 amide bonds. The lowest BCUT2D eigenvalue weighted by molar-refractivity contribution is -0.384. The van der Waals surface area contributed by atoms with Gasteiger partial charge in [-0.1, -0.05) is 30.0 Å². The maximum Gasteiger partial charge on any atom is 0.269 e. The van der Waals surface area contributed by atoms with Crippen LogP contribution in [0.3, 0.4) is 0 Å². The van der Waals surface area contributed by atoms with Gasteiger partial charge in [0.15, 0.2) is 0 Å². The number of nitro groups is 1. The molecule has 136 valence electrons. The van der Waals surface area contributed by atoms with Crippen molar-refractivity contribution in [3.8, 4) is 5.75 Å². The Morgan fingerprint density at radius 1 is 1.00 bits per heavy atom. The molecule has 1 N–H and O–H groups in total. The number of hydrogen-bond acceptors (Lipinski definition) is 5. The number of non-ortho nitro benzene ring substituents is 1. The number of hydrogen-bond donors (Lipinski definition) is 1. The van der Waals surface area contributed by atoms with Crippen LogP contribution in [0.4, 0.5) is 11.4 Å². The molecule has 0 unspecified atom stereocenters. The van der Waals surface area contributed by atoms with Crippen LogP contribution in [0.2, 0.25) is 0 Å². The Morgan fingerprint density at radius 3 is 2.44 bits per heavy atom. The van der Waals surface area contributed by atoms with E-state index in [2.05, 4.69) is 5.32 Å². The molecule has 3 aromatic carbocycles. The summed E-state index contributed by atoms with van der Waals surface area (Å²) in [4.78, 5) is 24.6. The molecule has 0 atom stereocenters. The largest absolute Gasteiger partial charge is 0.495 e. The number of anilines is 1. The molecule has 3 aromatic rings. The van der Waals surface area contributed by atoms with Crippen LogP contribution in [0.15, 0.2) is 82.6 Å². The molecule has 0 saturated carbocycles. The third-order valence-electron chi connectivity index (χ3n) is 3.73. The van der Waals surface area contributed by atoms with Crippen molar-refractivity contribution in [3.63, 3.8) is 0 Å². The third kappa shape index (κ3) is 4.65. The standard InChI is InChI=1S/C20H16N2O4S/c1-26-19-8-3-2-7-18(19)21-20(23)14-5-4-6-17(13-14)27-16-11-9-15(10-12-16)22(24)25/h2-13H,1H3,(H,21,23). The summed E-state index contributed by atoms with van der Waals surface area (Å²) in [7, 11) is 1.55. The second-order valence-electron chi connectivity index (χ2n) is 5.54. The van der Waals surface area contributed by atoms with Gasteiger partial charge in [0.2, 0.25) is 0 Å². The van der Waals surface area contributed by atoms with E-state index in [9.17, 15) is 14.9 Å². The zero-order valence-corrected chi connectivity index (χ0v) is 15.2. The van der Waals surface area contributed by atoms with E-state index in [1.54, 1.807) is 49.6 Å². The zero-order valence-electron chi connectivity index (χ0n) is 14.4. The van der Waals surface area contributed by atoms with E-state index in [1.165, 1.54) is 23.9 Å². The lowest BCUT2D eigenvalue weighted by Gasteiger charge is -2.10. The molecule has 6 nitrogen and oxygen atoms in total. The number of nitrogens with zero attached hydrogens (tertiary/aromatic N) is 1. The number of ether oxygens (including phenoxy) is 1. The fourth-order valence-corrected chi connectivity index (χ4v) is 3.29. The first-order valence-electron chi connectivity index (χ1n) is 8.03. The van der Waals surface area contributed by atoms with E-state index in [-0.39, 0.29) is 11.6 Å². The van der Waals surface area contributed by atoms with E-state index in [1.807, 2.05) is 18.2 Å². The molecule has 0 spiro atoms. The highest BCUT2D eigenvalue weighted by Crippen LogP contribution is 2.30. The van der Waals surface area contributed by atoms with Gasteiger partial charge in [0.25, 0.3) is 11.6 Å². The zero-order chi connectivity index (χ0) is 19.2. The maximum atomic E-state index is 12.6. The summed E-state index contributed by atoms with van der Waals surface area (Å²) in [6.07, 6.45) is 0. The van der Waals surface area contributed by atoms with Crippen LogP contribution < -0.4 is 10.1 Å². The lowest BCUT2D eigenvalue weighted by atomic mass is 10.2. The first kappa shape index (κ1) is 18.5. The molecule has 0 aliphatic rings. The van der Waals surface area contributed by atoms with Crippen molar-refractivity contribution in [2.24, 2.45) is 0 Å². The minimum absolute atomic E-state index is 0.0456. The highest BCUT2D eigenvalue weighted by Gasteiger charge is 2.11. The van der Waals surface area contributed by atoms with Gasteiger partial charge in [-0.05, 0) is 42.5 Å². The number of benzene rings is 3. The third-order valence-corrected chi connectivity index (χ3v) is 4.73. The molecule has 3 rings (SSSR count). The maximum absolute atomic E-state index is 12.6. The number of para-hydroxylation sites is 2. The lowest BCUT2D eigenvalue weighted by Crippen LogP contribution is -2.12. The number of methoxy groups -OCH3 is 1. The van der Waals surface area contributed by atoms with Crippen molar-refractivity contribution in [2.45, 2.75) is 9.79 Å². The molecule has 0 saturated heterocycles. The van der Waals surface area contributed by atoms with Crippen LogP contribution in [0, 0.1) is 10.1 Å². The van der Waals surface area contributed by atoms with Crippen LogP contribution in [-0.4, -0.2) is 17.9 Å². The highest BCUT2D eigenvalue weighted by atomic mass is 32.2. The van der Waals surface area contributed by atoms with Gasteiger partial charge in [-0.2, -0.15) is 0 Å². The average Bonchev–Trinajstić information content (AvgIpc) is 2.69. The van der Waals surface area contributed by atoms with Crippen molar-refractivity contribution in [2.75, 3.05) is 12.4 Å². The summed E-state index contributed by atoms with van der Waals surface area (Å²) in [5, 5.41) is 13.6. The topological polar surface area (TPSA) is 81.5 Å².